The second kappa shape index (κ2) is 7.30. The SMILES string of the molecule is CC(C)(C)OC(=O)NC(CO)Cc1cccc(P(C)(C)=O)c1. The van der Waals surface area contributed by atoms with Crippen LogP contribution in [-0.2, 0) is 15.7 Å². The molecule has 2 N–H and O–H groups in total. The van der Waals surface area contributed by atoms with Crippen LogP contribution in [0.1, 0.15) is 26.3 Å². The Labute approximate surface area is 132 Å². The lowest BCUT2D eigenvalue weighted by atomic mass is 10.1. The van der Waals surface area contributed by atoms with E-state index in [9.17, 15) is 14.5 Å². The minimum Gasteiger partial charge on any atom is -0.444 e. The van der Waals surface area contributed by atoms with Crippen molar-refractivity contribution in [2.24, 2.45) is 0 Å². The van der Waals surface area contributed by atoms with Gasteiger partial charge < -0.3 is 19.7 Å². The number of rotatable bonds is 5. The molecule has 0 aromatic heterocycles. The summed E-state index contributed by atoms with van der Waals surface area (Å²) in [6, 6.07) is 6.98. The van der Waals surface area contributed by atoms with Crippen LogP contribution in [0.4, 0.5) is 4.79 Å². The molecule has 0 saturated heterocycles. The Morgan fingerprint density at radius 2 is 2.00 bits per heavy atom. The highest BCUT2D eigenvalue weighted by atomic mass is 31.2. The maximum absolute atomic E-state index is 12.1. The van der Waals surface area contributed by atoms with Gasteiger partial charge in [-0.3, -0.25) is 0 Å². The quantitative estimate of drug-likeness (QED) is 0.814. The summed E-state index contributed by atoms with van der Waals surface area (Å²) in [5.74, 6) is 0. The van der Waals surface area contributed by atoms with Gasteiger partial charge in [0.05, 0.1) is 12.6 Å². The van der Waals surface area contributed by atoms with Crippen LogP contribution in [0.2, 0.25) is 0 Å². The Kier molecular flexibility index (Phi) is 6.21. The van der Waals surface area contributed by atoms with Crippen LogP contribution < -0.4 is 10.6 Å². The van der Waals surface area contributed by atoms with Gasteiger partial charge in [0.25, 0.3) is 0 Å². The second-order valence-corrected chi connectivity index (χ2v) is 9.97. The highest BCUT2D eigenvalue weighted by Gasteiger charge is 2.20. The molecule has 1 rings (SSSR count). The molecule has 0 bridgehead atoms. The molecular weight excluding hydrogens is 301 g/mol. The van der Waals surface area contributed by atoms with Gasteiger partial charge in [-0.05, 0) is 52.2 Å². The molecule has 0 aliphatic heterocycles. The van der Waals surface area contributed by atoms with Crippen LogP contribution in [0.5, 0.6) is 0 Å². The van der Waals surface area contributed by atoms with Gasteiger partial charge in [0.1, 0.15) is 12.7 Å². The molecule has 0 saturated carbocycles. The lowest BCUT2D eigenvalue weighted by Crippen LogP contribution is -2.42. The summed E-state index contributed by atoms with van der Waals surface area (Å²) in [5.41, 5.74) is 0.331. The van der Waals surface area contributed by atoms with Crippen LogP contribution >= 0.6 is 7.14 Å². The Balaban J connectivity index is 2.75. The minimum atomic E-state index is -2.33. The Morgan fingerprint density at radius 3 is 2.50 bits per heavy atom. The van der Waals surface area contributed by atoms with Gasteiger partial charge in [0.2, 0.25) is 0 Å². The molecule has 0 heterocycles. The smallest absolute Gasteiger partial charge is 0.407 e. The summed E-state index contributed by atoms with van der Waals surface area (Å²) in [7, 11) is -2.33. The van der Waals surface area contributed by atoms with E-state index in [1.807, 2.05) is 24.3 Å². The summed E-state index contributed by atoms with van der Waals surface area (Å²) in [6.45, 7) is 8.58. The highest BCUT2D eigenvalue weighted by Crippen LogP contribution is 2.34. The third-order valence-electron chi connectivity index (χ3n) is 2.96. The monoisotopic (exact) mass is 327 g/mol. The number of alkyl carbamates (subject to hydrolysis) is 1. The van der Waals surface area contributed by atoms with Gasteiger partial charge in [-0.2, -0.15) is 0 Å². The molecule has 1 unspecified atom stereocenters. The summed E-state index contributed by atoms with van der Waals surface area (Å²) < 4.78 is 17.3. The molecule has 0 aliphatic carbocycles. The van der Waals surface area contributed by atoms with Crippen molar-refractivity contribution in [2.45, 2.75) is 38.8 Å². The second-order valence-electron chi connectivity index (χ2n) is 6.75. The maximum atomic E-state index is 12.1. The molecule has 0 radical (unpaired) electrons. The van der Waals surface area contributed by atoms with E-state index in [1.54, 1.807) is 34.1 Å². The lowest BCUT2D eigenvalue weighted by molar-refractivity contribution is 0.0483. The van der Waals surface area contributed by atoms with Crippen molar-refractivity contribution in [2.75, 3.05) is 19.9 Å². The molecule has 0 spiro atoms. The number of ether oxygens (including phenoxy) is 1. The molecule has 6 heteroatoms. The van der Waals surface area contributed by atoms with Gasteiger partial charge in [-0.15, -0.1) is 0 Å². The van der Waals surface area contributed by atoms with Gasteiger partial charge >= 0.3 is 6.09 Å². The zero-order valence-corrected chi connectivity index (χ0v) is 14.8. The van der Waals surface area contributed by atoms with Crippen LogP contribution in [0.3, 0.4) is 0 Å². The highest BCUT2D eigenvalue weighted by molar-refractivity contribution is 7.70. The Morgan fingerprint density at radius 1 is 1.36 bits per heavy atom. The van der Waals surface area contributed by atoms with Crippen molar-refractivity contribution in [1.82, 2.24) is 5.32 Å². The number of carbonyl (C=O) groups excluding carboxylic acids is 1. The summed E-state index contributed by atoms with van der Waals surface area (Å²) in [6.07, 6.45) is -0.108. The number of aliphatic hydroxyl groups is 1. The maximum Gasteiger partial charge on any atom is 0.407 e. The molecule has 1 aromatic rings. The molecule has 0 fully saturated rings. The van der Waals surface area contributed by atoms with Crippen LogP contribution in [0.25, 0.3) is 0 Å². The van der Waals surface area contributed by atoms with Gasteiger partial charge in [-0.1, -0.05) is 18.2 Å². The van der Waals surface area contributed by atoms with E-state index in [-0.39, 0.29) is 6.61 Å². The number of hydrogen-bond acceptors (Lipinski definition) is 4. The molecule has 0 aliphatic rings. The Hall–Kier alpha value is -1.32. The zero-order chi connectivity index (χ0) is 17.0. The van der Waals surface area contributed by atoms with E-state index < -0.39 is 24.9 Å². The fourth-order valence-corrected chi connectivity index (χ4v) is 2.86. The summed E-state index contributed by atoms with van der Waals surface area (Å²) in [5, 5.41) is 12.9. The predicted molar refractivity (Wildman–Crippen MR) is 89.5 cm³/mol. The molecule has 124 valence electrons. The van der Waals surface area contributed by atoms with Crippen LogP contribution in [-0.4, -0.2) is 42.8 Å². The third-order valence-corrected chi connectivity index (χ3v) is 4.48. The number of carbonyl (C=O) groups is 1. The van der Waals surface area contributed by atoms with E-state index in [2.05, 4.69) is 5.32 Å². The first kappa shape index (κ1) is 18.7. The number of aliphatic hydroxyl groups excluding tert-OH is 1. The van der Waals surface area contributed by atoms with Crippen LogP contribution in [0.15, 0.2) is 24.3 Å². The molecule has 1 aromatic carbocycles. The van der Waals surface area contributed by atoms with Crippen molar-refractivity contribution < 1.29 is 19.2 Å². The van der Waals surface area contributed by atoms with Gasteiger partial charge in [0, 0.05) is 5.30 Å². The standard InChI is InChI=1S/C16H26NO4P/c1-16(2,3)21-15(19)17-13(11-18)9-12-7-6-8-14(10-12)22(4,5)20/h6-8,10,13,18H,9,11H2,1-5H3,(H,17,19). The van der Waals surface area contributed by atoms with Gasteiger partial charge in [0.15, 0.2) is 0 Å². The molecule has 5 nitrogen and oxygen atoms in total. The molecular formula is C16H26NO4P. The fourth-order valence-electron chi connectivity index (χ4n) is 1.94. The predicted octanol–water partition coefficient (Wildman–Crippen LogP) is 2.36. The summed E-state index contributed by atoms with van der Waals surface area (Å²) >= 11 is 0. The van der Waals surface area contributed by atoms with E-state index in [0.717, 1.165) is 10.9 Å². The van der Waals surface area contributed by atoms with Crippen molar-refractivity contribution >= 4 is 18.5 Å². The van der Waals surface area contributed by atoms with E-state index >= 15 is 0 Å². The van der Waals surface area contributed by atoms with Crippen LogP contribution in [0, 0.1) is 0 Å². The van der Waals surface area contributed by atoms with Crippen molar-refractivity contribution in [3.05, 3.63) is 29.8 Å². The average molecular weight is 327 g/mol. The minimum absolute atomic E-state index is 0.195. The number of nitrogens with one attached hydrogen (secondary N) is 1. The lowest BCUT2D eigenvalue weighted by Gasteiger charge is -2.23. The number of benzene rings is 1. The first-order valence-corrected chi connectivity index (χ1v) is 9.86. The van der Waals surface area contributed by atoms with Crippen molar-refractivity contribution in [3.8, 4) is 0 Å². The summed E-state index contributed by atoms with van der Waals surface area (Å²) in [4.78, 5) is 11.8. The molecule has 22 heavy (non-hydrogen) atoms. The zero-order valence-electron chi connectivity index (χ0n) is 13.9. The largest absolute Gasteiger partial charge is 0.444 e. The molecule has 1 atom stereocenters. The van der Waals surface area contributed by atoms with E-state index in [0.29, 0.717) is 6.42 Å². The van der Waals surface area contributed by atoms with E-state index in [1.165, 1.54) is 0 Å². The van der Waals surface area contributed by atoms with E-state index in [4.69, 9.17) is 4.74 Å². The molecule has 1 amide bonds. The number of hydrogen-bond donors (Lipinski definition) is 2. The third kappa shape index (κ3) is 6.63. The number of amides is 1. The fraction of sp³-hybridized carbons (Fsp3) is 0.562. The topological polar surface area (TPSA) is 75.6 Å². The Bertz CT molecular complexity index is 560. The average Bonchev–Trinajstić information content (AvgIpc) is 2.35. The first-order chi connectivity index (χ1) is 10.0. The van der Waals surface area contributed by atoms with Crippen molar-refractivity contribution in [1.29, 1.82) is 0 Å². The van der Waals surface area contributed by atoms with Gasteiger partial charge in [-0.25, -0.2) is 4.79 Å². The van der Waals surface area contributed by atoms with Crippen molar-refractivity contribution in [3.63, 3.8) is 0 Å². The normalized spacial score (nSPS) is 13.5. The first-order valence-electron chi connectivity index (χ1n) is 7.26.